The lowest BCUT2D eigenvalue weighted by molar-refractivity contribution is 0.0458. The number of anilines is 1. The van der Waals surface area contributed by atoms with E-state index in [9.17, 15) is 9.18 Å². The number of halogens is 1. The number of likely N-dealkylation sites (tertiary alicyclic amines) is 1. The Kier molecular flexibility index (Phi) is 3.29. The highest BCUT2D eigenvalue weighted by Crippen LogP contribution is 2.34. The Morgan fingerprint density at radius 1 is 1.38 bits per heavy atom. The molecule has 3 rings (SSSR count). The van der Waals surface area contributed by atoms with Gasteiger partial charge in [0.25, 0.3) is 5.91 Å². The molecule has 0 spiro atoms. The molecule has 0 saturated carbocycles. The molecule has 5 nitrogen and oxygen atoms in total. The van der Waals surface area contributed by atoms with Gasteiger partial charge in [-0.05, 0) is 31.0 Å². The highest BCUT2D eigenvalue weighted by Gasteiger charge is 2.34. The molecular formula is C15H15FN4O. The number of nitrogens with two attached hydrogens (primary N) is 1. The number of rotatable bonds is 2. The molecule has 21 heavy (non-hydrogen) atoms. The molecule has 1 atom stereocenters. The zero-order valence-electron chi connectivity index (χ0n) is 11.6. The van der Waals surface area contributed by atoms with Gasteiger partial charge < -0.3 is 10.6 Å². The summed E-state index contributed by atoms with van der Waals surface area (Å²) >= 11 is 0. The van der Waals surface area contributed by atoms with Crippen LogP contribution in [0.1, 0.15) is 34.1 Å². The fraction of sp³-hybridized carbons (Fsp3) is 0.267. The van der Waals surface area contributed by atoms with Crippen LogP contribution in [-0.4, -0.2) is 27.3 Å². The number of amides is 1. The Bertz CT molecular complexity index is 687. The first kappa shape index (κ1) is 13.5. The molecule has 1 unspecified atom stereocenters. The van der Waals surface area contributed by atoms with Crippen molar-refractivity contribution in [3.05, 3.63) is 53.1 Å². The quantitative estimate of drug-likeness (QED) is 0.917. The second-order valence-electron chi connectivity index (χ2n) is 5.08. The Labute approximate surface area is 121 Å². The molecule has 108 valence electrons. The van der Waals surface area contributed by atoms with Crippen LogP contribution in [0.2, 0.25) is 0 Å². The summed E-state index contributed by atoms with van der Waals surface area (Å²) in [5.41, 5.74) is 7.46. The predicted octanol–water partition coefficient (Wildman–Crippen LogP) is 2.09. The van der Waals surface area contributed by atoms with Crippen molar-refractivity contribution >= 4 is 11.9 Å². The minimum atomic E-state index is -0.279. The van der Waals surface area contributed by atoms with Gasteiger partial charge in [0.15, 0.2) is 0 Å². The first-order valence-corrected chi connectivity index (χ1v) is 6.72. The summed E-state index contributed by atoms with van der Waals surface area (Å²) < 4.78 is 13.0. The van der Waals surface area contributed by atoms with Gasteiger partial charge in [0.05, 0.1) is 17.3 Å². The summed E-state index contributed by atoms with van der Waals surface area (Å²) in [7, 11) is 0. The molecule has 1 fully saturated rings. The minimum absolute atomic E-state index is 0.0185. The summed E-state index contributed by atoms with van der Waals surface area (Å²) in [5, 5.41) is 0. The zero-order valence-corrected chi connectivity index (χ0v) is 11.6. The lowest BCUT2D eigenvalue weighted by Gasteiger charge is -2.41. The van der Waals surface area contributed by atoms with E-state index in [4.69, 9.17) is 5.73 Å². The van der Waals surface area contributed by atoms with E-state index < -0.39 is 0 Å². The second-order valence-corrected chi connectivity index (χ2v) is 5.08. The van der Waals surface area contributed by atoms with Gasteiger partial charge in [-0.2, -0.15) is 0 Å². The van der Waals surface area contributed by atoms with Crippen molar-refractivity contribution in [2.45, 2.75) is 19.4 Å². The number of hydrogen-bond donors (Lipinski definition) is 1. The smallest absolute Gasteiger partial charge is 0.257 e. The standard InChI is InChI=1S/C15H15FN4O/c1-9-12(8-18-15(17)19-9)14(21)20-7-6-13(20)10-2-4-11(16)5-3-10/h2-5,8,13H,6-7H2,1H3,(H2,17,18,19). The number of nitrogens with zero attached hydrogens (tertiary/aromatic N) is 3. The molecular weight excluding hydrogens is 271 g/mol. The number of carbonyl (C=O) groups is 1. The highest BCUT2D eigenvalue weighted by atomic mass is 19.1. The molecule has 1 aromatic carbocycles. The maximum atomic E-state index is 13.0. The monoisotopic (exact) mass is 286 g/mol. The van der Waals surface area contributed by atoms with Gasteiger partial charge in [-0.15, -0.1) is 0 Å². The van der Waals surface area contributed by atoms with E-state index >= 15 is 0 Å². The number of benzene rings is 1. The van der Waals surface area contributed by atoms with E-state index in [2.05, 4.69) is 9.97 Å². The van der Waals surface area contributed by atoms with Crippen LogP contribution in [0.3, 0.4) is 0 Å². The van der Waals surface area contributed by atoms with Gasteiger partial charge in [0, 0.05) is 12.7 Å². The fourth-order valence-electron chi connectivity index (χ4n) is 2.51. The molecule has 2 heterocycles. The van der Waals surface area contributed by atoms with Crippen molar-refractivity contribution in [2.24, 2.45) is 0 Å². The van der Waals surface area contributed by atoms with Crippen LogP contribution in [-0.2, 0) is 0 Å². The number of aryl methyl sites for hydroxylation is 1. The number of aromatic nitrogens is 2. The van der Waals surface area contributed by atoms with Gasteiger partial charge in [-0.25, -0.2) is 14.4 Å². The summed E-state index contributed by atoms with van der Waals surface area (Å²) in [6.07, 6.45) is 2.33. The van der Waals surface area contributed by atoms with Crippen LogP contribution < -0.4 is 5.73 Å². The van der Waals surface area contributed by atoms with Crippen molar-refractivity contribution in [3.8, 4) is 0 Å². The third kappa shape index (κ3) is 2.44. The lowest BCUT2D eigenvalue weighted by atomic mass is 9.93. The van der Waals surface area contributed by atoms with Crippen molar-refractivity contribution in [3.63, 3.8) is 0 Å². The summed E-state index contributed by atoms with van der Waals surface area (Å²) in [5.74, 6) is -0.241. The molecule has 1 aromatic heterocycles. The minimum Gasteiger partial charge on any atom is -0.368 e. The van der Waals surface area contributed by atoms with Crippen LogP contribution in [0.4, 0.5) is 10.3 Å². The molecule has 1 aliphatic heterocycles. The van der Waals surface area contributed by atoms with Gasteiger partial charge in [-0.1, -0.05) is 12.1 Å². The first-order chi connectivity index (χ1) is 10.1. The molecule has 0 aliphatic carbocycles. The van der Waals surface area contributed by atoms with Crippen LogP contribution in [0.15, 0.2) is 30.5 Å². The summed E-state index contributed by atoms with van der Waals surface area (Å²) in [6, 6.07) is 6.23. The molecule has 0 radical (unpaired) electrons. The lowest BCUT2D eigenvalue weighted by Crippen LogP contribution is -2.45. The van der Waals surface area contributed by atoms with Crippen molar-refractivity contribution < 1.29 is 9.18 Å². The van der Waals surface area contributed by atoms with Gasteiger partial charge >= 0.3 is 0 Å². The Morgan fingerprint density at radius 2 is 2.10 bits per heavy atom. The van der Waals surface area contributed by atoms with Crippen molar-refractivity contribution in [2.75, 3.05) is 12.3 Å². The number of nitrogen functional groups attached to an aromatic ring is 1. The molecule has 2 N–H and O–H groups in total. The highest BCUT2D eigenvalue weighted by molar-refractivity contribution is 5.95. The SMILES string of the molecule is Cc1nc(N)ncc1C(=O)N1CCC1c1ccc(F)cc1. The normalized spacial score (nSPS) is 17.4. The molecule has 1 aliphatic rings. The zero-order chi connectivity index (χ0) is 15.0. The van der Waals surface area contributed by atoms with E-state index in [0.29, 0.717) is 17.8 Å². The molecule has 1 saturated heterocycles. The summed E-state index contributed by atoms with van der Waals surface area (Å²) in [4.78, 5) is 22.2. The van der Waals surface area contributed by atoms with Gasteiger partial charge in [0.1, 0.15) is 5.82 Å². The molecule has 0 bridgehead atoms. The van der Waals surface area contributed by atoms with Gasteiger partial charge in [-0.3, -0.25) is 4.79 Å². The second kappa shape index (κ2) is 5.12. The van der Waals surface area contributed by atoms with Crippen molar-refractivity contribution in [1.29, 1.82) is 0 Å². The predicted molar refractivity (Wildman–Crippen MR) is 76.0 cm³/mol. The van der Waals surface area contributed by atoms with E-state index in [1.54, 1.807) is 24.0 Å². The summed E-state index contributed by atoms with van der Waals surface area (Å²) in [6.45, 7) is 2.41. The van der Waals surface area contributed by atoms with Gasteiger partial charge in [0.2, 0.25) is 5.95 Å². The van der Waals surface area contributed by atoms with Crippen LogP contribution >= 0.6 is 0 Å². The Hall–Kier alpha value is -2.50. The maximum Gasteiger partial charge on any atom is 0.257 e. The molecule has 2 aromatic rings. The van der Waals surface area contributed by atoms with E-state index in [1.807, 2.05) is 0 Å². The largest absolute Gasteiger partial charge is 0.368 e. The topological polar surface area (TPSA) is 72.1 Å². The molecule has 6 heteroatoms. The van der Waals surface area contributed by atoms with E-state index in [1.165, 1.54) is 18.3 Å². The first-order valence-electron chi connectivity index (χ1n) is 6.72. The van der Waals surface area contributed by atoms with E-state index in [-0.39, 0.29) is 23.7 Å². The average molecular weight is 286 g/mol. The Balaban J connectivity index is 1.83. The molecule has 1 amide bonds. The van der Waals surface area contributed by atoms with E-state index in [0.717, 1.165) is 12.0 Å². The van der Waals surface area contributed by atoms with Crippen LogP contribution in [0.25, 0.3) is 0 Å². The fourth-order valence-corrected chi connectivity index (χ4v) is 2.51. The number of carbonyl (C=O) groups excluding carboxylic acids is 1. The van der Waals surface area contributed by atoms with Crippen molar-refractivity contribution in [1.82, 2.24) is 14.9 Å². The third-order valence-corrected chi connectivity index (χ3v) is 3.76. The number of hydrogen-bond acceptors (Lipinski definition) is 4. The third-order valence-electron chi connectivity index (χ3n) is 3.76. The van der Waals surface area contributed by atoms with Crippen LogP contribution in [0.5, 0.6) is 0 Å². The van der Waals surface area contributed by atoms with Crippen LogP contribution in [0, 0.1) is 12.7 Å². The average Bonchev–Trinajstić information content (AvgIpc) is 2.40. The maximum absolute atomic E-state index is 13.0. The Morgan fingerprint density at radius 3 is 2.67 bits per heavy atom.